The van der Waals surface area contributed by atoms with Gasteiger partial charge in [-0.25, -0.2) is 0 Å². The summed E-state index contributed by atoms with van der Waals surface area (Å²) < 4.78 is 5.28. The molecule has 0 amide bonds. The first-order chi connectivity index (χ1) is 7.37. The first kappa shape index (κ1) is 13.6. The van der Waals surface area contributed by atoms with Crippen molar-refractivity contribution in [2.75, 3.05) is 33.4 Å². The van der Waals surface area contributed by atoms with Gasteiger partial charge in [-0.15, -0.1) is 0 Å². The molecule has 0 spiro atoms. The molecule has 0 aromatic heterocycles. The van der Waals surface area contributed by atoms with E-state index in [4.69, 9.17) is 4.74 Å². The summed E-state index contributed by atoms with van der Waals surface area (Å²) in [4.78, 5) is 13.3. The molecule has 16 heavy (non-hydrogen) atoms. The highest BCUT2D eigenvalue weighted by atomic mass is 16.5. The zero-order valence-electron chi connectivity index (χ0n) is 10.5. The highest BCUT2D eigenvalue weighted by Crippen LogP contribution is 2.29. The smallest absolute Gasteiger partial charge is 0.127 e. The van der Waals surface area contributed by atoms with Crippen molar-refractivity contribution in [3.63, 3.8) is 0 Å². The van der Waals surface area contributed by atoms with Crippen molar-refractivity contribution in [3.8, 4) is 0 Å². The van der Waals surface area contributed by atoms with Crippen LogP contribution in [-0.4, -0.2) is 55.2 Å². The largest absolute Gasteiger partial charge is 0.389 e. The molecule has 0 unspecified atom stereocenters. The third kappa shape index (κ3) is 4.20. The van der Waals surface area contributed by atoms with Crippen LogP contribution in [0.4, 0.5) is 0 Å². The van der Waals surface area contributed by atoms with Crippen LogP contribution in [0.2, 0.25) is 0 Å². The maximum Gasteiger partial charge on any atom is 0.127 e. The van der Waals surface area contributed by atoms with Gasteiger partial charge in [0.25, 0.3) is 0 Å². The van der Waals surface area contributed by atoms with Gasteiger partial charge in [-0.2, -0.15) is 0 Å². The summed E-state index contributed by atoms with van der Waals surface area (Å²) in [7, 11) is 1.94. The normalized spacial score (nSPS) is 21.1. The molecule has 0 saturated carbocycles. The zero-order chi connectivity index (χ0) is 12.2. The predicted molar refractivity (Wildman–Crippen MR) is 62.3 cm³/mol. The fourth-order valence-corrected chi connectivity index (χ4v) is 2.35. The minimum atomic E-state index is -0.718. The van der Waals surface area contributed by atoms with E-state index < -0.39 is 5.60 Å². The Hall–Kier alpha value is -0.450. The number of likely N-dealkylation sites (N-methyl/N-ethyl adjacent to an activating group) is 1. The Kier molecular flexibility index (Phi) is 4.47. The van der Waals surface area contributed by atoms with Crippen molar-refractivity contribution < 1.29 is 14.6 Å². The number of ether oxygens (including phenoxy) is 1. The van der Waals surface area contributed by atoms with Gasteiger partial charge in [0.1, 0.15) is 6.29 Å². The molecule has 1 aliphatic heterocycles. The molecule has 1 rings (SSSR count). The number of hydrogen-bond donors (Lipinski definition) is 1. The van der Waals surface area contributed by atoms with Gasteiger partial charge in [0.05, 0.1) is 5.60 Å². The maximum absolute atomic E-state index is 11.2. The highest BCUT2D eigenvalue weighted by Gasteiger charge is 2.34. The standard InChI is InChI=1S/C12H23NO3/c1-11(2,15)8-13(3)9-12(10-14)4-6-16-7-5-12/h10,15H,4-9H2,1-3H3. The summed E-state index contributed by atoms with van der Waals surface area (Å²) in [5, 5.41) is 9.72. The van der Waals surface area contributed by atoms with Gasteiger partial charge in [-0.1, -0.05) is 0 Å². The van der Waals surface area contributed by atoms with Gasteiger partial charge in [-0.05, 0) is 33.7 Å². The van der Waals surface area contributed by atoms with Gasteiger partial charge in [0.15, 0.2) is 0 Å². The van der Waals surface area contributed by atoms with Crippen LogP contribution in [0, 0.1) is 5.41 Å². The van der Waals surface area contributed by atoms with E-state index in [0.717, 1.165) is 19.1 Å². The average Bonchev–Trinajstić information content (AvgIpc) is 2.16. The third-order valence-corrected chi connectivity index (χ3v) is 2.98. The lowest BCUT2D eigenvalue weighted by Gasteiger charge is -2.37. The van der Waals surface area contributed by atoms with E-state index in [0.29, 0.717) is 26.3 Å². The van der Waals surface area contributed by atoms with Crippen LogP contribution in [-0.2, 0) is 9.53 Å². The Morgan fingerprint density at radius 2 is 2.00 bits per heavy atom. The van der Waals surface area contributed by atoms with Gasteiger partial charge >= 0.3 is 0 Å². The lowest BCUT2D eigenvalue weighted by molar-refractivity contribution is -0.123. The minimum Gasteiger partial charge on any atom is -0.389 e. The van der Waals surface area contributed by atoms with E-state index in [9.17, 15) is 9.90 Å². The second-order valence-corrected chi connectivity index (χ2v) is 5.58. The fraction of sp³-hybridized carbons (Fsp3) is 0.917. The van der Waals surface area contributed by atoms with Crippen LogP contribution < -0.4 is 0 Å². The average molecular weight is 229 g/mol. The second-order valence-electron chi connectivity index (χ2n) is 5.58. The molecule has 0 aliphatic carbocycles. The molecule has 1 saturated heterocycles. The Bertz CT molecular complexity index is 229. The number of carbonyl (C=O) groups is 1. The van der Waals surface area contributed by atoms with Crippen molar-refractivity contribution in [2.45, 2.75) is 32.3 Å². The van der Waals surface area contributed by atoms with E-state index in [2.05, 4.69) is 0 Å². The summed E-state index contributed by atoms with van der Waals surface area (Å²) in [6, 6.07) is 0. The van der Waals surface area contributed by atoms with Crippen LogP contribution >= 0.6 is 0 Å². The van der Waals surface area contributed by atoms with Crippen molar-refractivity contribution >= 4 is 6.29 Å². The molecule has 1 N–H and O–H groups in total. The Morgan fingerprint density at radius 3 is 2.44 bits per heavy atom. The third-order valence-electron chi connectivity index (χ3n) is 2.98. The summed E-state index contributed by atoms with van der Waals surface area (Å²) in [5.74, 6) is 0. The highest BCUT2D eigenvalue weighted by molar-refractivity contribution is 5.60. The maximum atomic E-state index is 11.2. The number of hydrogen-bond acceptors (Lipinski definition) is 4. The number of carbonyl (C=O) groups excluding carboxylic acids is 1. The number of aldehydes is 1. The Labute approximate surface area is 97.6 Å². The number of aliphatic hydroxyl groups is 1. The van der Waals surface area contributed by atoms with Crippen molar-refractivity contribution in [3.05, 3.63) is 0 Å². The zero-order valence-corrected chi connectivity index (χ0v) is 10.5. The quantitative estimate of drug-likeness (QED) is 0.705. The molecule has 1 aliphatic rings. The predicted octanol–water partition coefficient (Wildman–Crippen LogP) is 0.685. The Morgan fingerprint density at radius 1 is 1.44 bits per heavy atom. The van der Waals surface area contributed by atoms with E-state index >= 15 is 0 Å². The van der Waals surface area contributed by atoms with Gasteiger partial charge in [0.2, 0.25) is 0 Å². The second kappa shape index (κ2) is 5.25. The molecule has 4 nitrogen and oxygen atoms in total. The van der Waals surface area contributed by atoms with Gasteiger partial charge in [0, 0.05) is 31.7 Å². The number of nitrogens with zero attached hydrogens (tertiary/aromatic N) is 1. The molecule has 1 fully saturated rings. The molecule has 0 aromatic rings. The molecule has 0 radical (unpaired) electrons. The molecular formula is C12H23NO3. The topological polar surface area (TPSA) is 49.8 Å². The lowest BCUT2D eigenvalue weighted by Crippen LogP contribution is -2.45. The fourth-order valence-electron chi connectivity index (χ4n) is 2.35. The Balaban J connectivity index is 2.52. The van der Waals surface area contributed by atoms with Gasteiger partial charge < -0.3 is 19.5 Å². The van der Waals surface area contributed by atoms with Crippen molar-refractivity contribution in [1.82, 2.24) is 4.90 Å². The minimum absolute atomic E-state index is 0.280. The summed E-state index contributed by atoms with van der Waals surface area (Å²) >= 11 is 0. The van der Waals surface area contributed by atoms with E-state index in [1.54, 1.807) is 13.8 Å². The number of rotatable bonds is 5. The molecule has 0 bridgehead atoms. The molecule has 94 valence electrons. The van der Waals surface area contributed by atoms with Crippen LogP contribution in [0.15, 0.2) is 0 Å². The first-order valence-electron chi connectivity index (χ1n) is 5.82. The van der Waals surface area contributed by atoms with E-state index in [-0.39, 0.29) is 5.41 Å². The first-order valence-corrected chi connectivity index (χ1v) is 5.82. The molecule has 1 heterocycles. The van der Waals surface area contributed by atoms with E-state index in [1.807, 2.05) is 11.9 Å². The van der Waals surface area contributed by atoms with Crippen molar-refractivity contribution in [1.29, 1.82) is 0 Å². The monoisotopic (exact) mass is 229 g/mol. The van der Waals surface area contributed by atoms with E-state index in [1.165, 1.54) is 0 Å². The molecular weight excluding hydrogens is 206 g/mol. The van der Waals surface area contributed by atoms with Crippen LogP contribution in [0.25, 0.3) is 0 Å². The van der Waals surface area contributed by atoms with Crippen LogP contribution in [0.1, 0.15) is 26.7 Å². The molecule has 4 heteroatoms. The SMILES string of the molecule is CN(CC(C)(C)O)CC1(C=O)CCOCC1. The summed E-state index contributed by atoms with van der Waals surface area (Å²) in [6.45, 7) is 6.15. The summed E-state index contributed by atoms with van der Waals surface area (Å²) in [6.07, 6.45) is 2.63. The van der Waals surface area contributed by atoms with Crippen LogP contribution in [0.3, 0.4) is 0 Å². The lowest BCUT2D eigenvalue weighted by atomic mass is 9.81. The van der Waals surface area contributed by atoms with Crippen molar-refractivity contribution in [2.24, 2.45) is 5.41 Å². The van der Waals surface area contributed by atoms with Gasteiger partial charge in [-0.3, -0.25) is 0 Å². The molecule has 0 aromatic carbocycles. The molecule has 0 atom stereocenters. The van der Waals surface area contributed by atoms with Crippen LogP contribution in [0.5, 0.6) is 0 Å². The summed E-state index contributed by atoms with van der Waals surface area (Å²) in [5.41, 5.74) is -0.998.